The highest BCUT2D eigenvalue weighted by Gasteiger charge is 2.07. The number of hydrogen-bond acceptors (Lipinski definition) is 5. The van der Waals surface area contributed by atoms with Gasteiger partial charge >= 0.3 is 0 Å². The van der Waals surface area contributed by atoms with E-state index < -0.39 is 0 Å². The Labute approximate surface area is 146 Å². The summed E-state index contributed by atoms with van der Waals surface area (Å²) in [5, 5.41) is 11.2. The first-order chi connectivity index (χ1) is 12.2. The standard InChI is InChI=1S/C19H21N5O/c1-3-24(4-2)16-12-10-15(11-13-16)20-19-21-18(25)17(22-23-19)14-8-6-5-7-9-14/h5-13H,3-4H2,1-2H3,(H2,20,21,23,25). The second-order valence-electron chi connectivity index (χ2n) is 5.56. The summed E-state index contributed by atoms with van der Waals surface area (Å²) in [6.07, 6.45) is 0. The highest BCUT2D eigenvalue weighted by atomic mass is 16.1. The number of nitrogens with zero attached hydrogens (tertiary/aromatic N) is 3. The van der Waals surface area contributed by atoms with Crippen LogP contribution in [-0.2, 0) is 0 Å². The molecule has 0 atom stereocenters. The molecule has 2 aromatic carbocycles. The van der Waals surface area contributed by atoms with Crippen LogP contribution in [0.2, 0.25) is 0 Å². The molecular weight excluding hydrogens is 314 g/mol. The van der Waals surface area contributed by atoms with Gasteiger partial charge in [0.15, 0.2) is 5.69 Å². The predicted molar refractivity (Wildman–Crippen MR) is 101 cm³/mol. The quantitative estimate of drug-likeness (QED) is 0.722. The average Bonchev–Trinajstić information content (AvgIpc) is 2.65. The van der Waals surface area contributed by atoms with Crippen molar-refractivity contribution in [1.29, 1.82) is 0 Å². The van der Waals surface area contributed by atoms with Crippen molar-refractivity contribution in [2.75, 3.05) is 23.3 Å². The minimum absolute atomic E-state index is 0.275. The summed E-state index contributed by atoms with van der Waals surface area (Å²) >= 11 is 0. The second-order valence-corrected chi connectivity index (χ2v) is 5.56. The number of nitrogens with one attached hydrogen (secondary N) is 2. The SMILES string of the molecule is CCN(CC)c1ccc(Nc2nnc(-c3ccccc3)c(=O)[nH]2)cc1. The van der Waals surface area contributed by atoms with Gasteiger partial charge in [0, 0.05) is 30.0 Å². The third kappa shape index (κ3) is 3.85. The van der Waals surface area contributed by atoms with Crippen LogP contribution < -0.4 is 15.8 Å². The molecule has 0 unspecified atom stereocenters. The van der Waals surface area contributed by atoms with Gasteiger partial charge in [0.2, 0.25) is 5.95 Å². The minimum Gasteiger partial charge on any atom is -0.372 e. The molecule has 1 heterocycles. The monoisotopic (exact) mass is 335 g/mol. The van der Waals surface area contributed by atoms with Gasteiger partial charge in [-0.2, -0.15) is 0 Å². The topological polar surface area (TPSA) is 73.9 Å². The minimum atomic E-state index is -0.275. The van der Waals surface area contributed by atoms with Crippen LogP contribution in [0.1, 0.15) is 13.8 Å². The number of aromatic amines is 1. The maximum absolute atomic E-state index is 12.2. The van der Waals surface area contributed by atoms with Crippen LogP contribution in [0.3, 0.4) is 0 Å². The molecule has 128 valence electrons. The van der Waals surface area contributed by atoms with Crippen molar-refractivity contribution in [1.82, 2.24) is 15.2 Å². The molecular formula is C19H21N5O. The molecule has 0 amide bonds. The highest BCUT2D eigenvalue weighted by Crippen LogP contribution is 2.19. The van der Waals surface area contributed by atoms with Crippen LogP contribution in [-0.4, -0.2) is 28.3 Å². The maximum atomic E-state index is 12.2. The Bertz CT molecular complexity index is 870. The summed E-state index contributed by atoms with van der Waals surface area (Å²) in [4.78, 5) is 17.2. The lowest BCUT2D eigenvalue weighted by molar-refractivity contribution is 0.866. The molecule has 0 aliphatic heterocycles. The molecule has 0 fully saturated rings. The Balaban J connectivity index is 1.77. The van der Waals surface area contributed by atoms with Gasteiger partial charge < -0.3 is 10.2 Å². The van der Waals surface area contributed by atoms with E-state index in [1.165, 1.54) is 0 Å². The summed E-state index contributed by atoms with van der Waals surface area (Å²) in [5.74, 6) is 0.320. The van der Waals surface area contributed by atoms with Crippen LogP contribution in [0.4, 0.5) is 17.3 Å². The van der Waals surface area contributed by atoms with Gasteiger partial charge in [-0.3, -0.25) is 9.78 Å². The number of benzene rings is 2. The molecule has 0 aliphatic carbocycles. The van der Waals surface area contributed by atoms with Crippen molar-refractivity contribution < 1.29 is 0 Å². The summed E-state index contributed by atoms with van der Waals surface area (Å²) in [5.41, 5.74) is 2.78. The zero-order chi connectivity index (χ0) is 17.6. The molecule has 0 saturated carbocycles. The lowest BCUT2D eigenvalue weighted by Crippen LogP contribution is -2.21. The van der Waals surface area contributed by atoms with Gasteiger partial charge in [0.25, 0.3) is 5.56 Å². The maximum Gasteiger partial charge on any atom is 0.279 e. The Hall–Kier alpha value is -3.15. The Morgan fingerprint density at radius 2 is 1.64 bits per heavy atom. The van der Waals surface area contributed by atoms with Gasteiger partial charge in [0.1, 0.15) is 0 Å². The first-order valence-electron chi connectivity index (χ1n) is 8.35. The van der Waals surface area contributed by atoms with E-state index in [9.17, 15) is 4.79 Å². The summed E-state index contributed by atoms with van der Waals surface area (Å²) in [6, 6.07) is 17.3. The van der Waals surface area contributed by atoms with Crippen LogP contribution in [0.15, 0.2) is 59.4 Å². The van der Waals surface area contributed by atoms with Crippen molar-refractivity contribution >= 4 is 17.3 Å². The third-order valence-corrected chi connectivity index (χ3v) is 4.00. The molecule has 3 aromatic rings. The fourth-order valence-electron chi connectivity index (χ4n) is 2.66. The number of H-pyrrole nitrogens is 1. The number of hydrogen-bond donors (Lipinski definition) is 2. The van der Waals surface area contributed by atoms with E-state index in [1.54, 1.807) is 0 Å². The molecule has 0 bridgehead atoms. The van der Waals surface area contributed by atoms with E-state index in [-0.39, 0.29) is 5.56 Å². The van der Waals surface area contributed by atoms with Crippen molar-refractivity contribution in [2.24, 2.45) is 0 Å². The van der Waals surface area contributed by atoms with E-state index in [2.05, 4.69) is 39.2 Å². The Morgan fingerprint density at radius 3 is 2.24 bits per heavy atom. The molecule has 6 heteroatoms. The molecule has 2 N–H and O–H groups in total. The highest BCUT2D eigenvalue weighted by molar-refractivity contribution is 5.61. The zero-order valence-electron chi connectivity index (χ0n) is 14.4. The molecule has 1 aromatic heterocycles. The number of aromatic nitrogens is 3. The molecule has 0 radical (unpaired) electrons. The van der Waals surface area contributed by atoms with E-state index in [0.29, 0.717) is 11.6 Å². The van der Waals surface area contributed by atoms with Crippen molar-refractivity contribution in [3.05, 3.63) is 65.0 Å². The van der Waals surface area contributed by atoms with Gasteiger partial charge in [-0.05, 0) is 38.1 Å². The average molecular weight is 335 g/mol. The number of rotatable bonds is 6. The van der Waals surface area contributed by atoms with Crippen LogP contribution >= 0.6 is 0 Å². The van der Waals surface area contributed by atoms with Crippen molar-refractivity contribution in [2.45, 2.75) is 13.8 Å². The molecule has 3 rings (SSSR count). The molecule has 25 heavy (non-hydrogen) atoms. The first-order valence-corrected chi connectivity index (χ1v) is 8.35. The molecule has 6 nitrogen and oxygen atoms in total. The predicted octanol–water partition coefficient (Wildman–Crippen LogP) is 3.42. The van der Waals surface area contributed by atoms with Gasteiger partial charge in [-0.25, -0.2) is 0 Å². The van der Waals surface area contributed by atoms with Crippen LogP contribution in [0.25, 0.3) is 11.3 Å². The van der Waals surface area contributed by atoms with Gasteiger partial charge in [-0.15, -0.1) is 10.2 Å². The summed E-state index contributed by atoms with van der Waals surface area (Å²) in [6.45, 7) is 6.18. The lowest BCUT2D eigenvalue weighted by Gasteiger charge is -2.21. The lowest BCUT2D eigenvalue weighted by atomic mass is 10.2. The third-order valence-electron chi connectivity index (χ3n) is 4.00. The van der Waals surface area contributed by atoms with E-state index in [1.807, 2.05) is 54.6 Å². The smallest absolute Gasteiger partial charge is 0.279 e. The largest absolute Gasteiger partial charge is 0.372 e. The molecule has 0 aliphatic rings. The second kappa shape index (κ2) is 7.61. The summed E-state index contributed by atoms with van der Waals surface area (Å²) < 4.78 is 0. The fraction of sp³-hybridized carbons (Fsp3) is 0.211. The normalized spacial score (nSPS) is 10.5. The molecule has 0 saturated heterocycles. The summed E-state index contributed by atoms with van der Waals surface area (Å²) in [7, 11) is 0. The Morgan fingerprint density at radius 1 is 0.960 bits per heavy atom. The van der Waals surface area contributed by atoms with E-state index in [0.717, 1.165) is 30.0 Å². The van der Waals surface area contributed by atoms with E-state index in [4.69, 9.17) is 0 Å². The van der Waals surface area contributed by atoms with Gasteiger partial charge in [-0.1, -0.05) is 30.3 Å². The van der Waals surface area contributed by atoms with Gasteiger partial charge in [0.05, 0.1) is 0 Å². The fourth-order valence-corrected chi connectivity index (χ4v) is 2.66. The van der Waals surface area contributed by atoms with Crippen molar-refractivity contribution in [3.8, 4) is 11.3 Å². The van der Waals surface area contributed by atoms with Crippen LogP contribution in [0, 0.1) is 0 Å². The van der Waals surface area contributed by atoms with Crippen molar-refractivity contribution in [3.63, 3.8) is 0 Å². The number of anilines is 3. The van der Waals surface area contributed by atoms with E-state index >= 15 is 0 Å². The first kappa shape index (κ1) is 16.7. The van der Waals surface area contributed by atoms with Crippen LogP contribution in [0.5, 0.6) is 0 Å². The zero-order valence-corrected chi connectivity index (χ0v) is 14.4. The Kier molecular flexibility index (Phi) is 5.09. The molecule has 0 spiro atoms.